The summed E-state index contributed by atoms with van der Waals surface area (Å²) in [5.74, 6) is -0.245. The van der Waals surface area contributed by atoms with Crippen LogP contribution in [0.1, 0.15) is 40.2 Å². The second kappa shape index (κ2) is 10.8. The van der Waals surface area contributed by atoms with Crippen LogP contribution in [0.5, 0.6) is 0 Å². The van der Waals surface area contributed by atoms with Crippen LogP contribution in [0.3, 0.4) is 0 Å². The summed E-state index contributed by atoms with van der Waals surface area (Å²) in [7, 11) is 1.35. The van der Waals surface area contributed by atoms with Gasteiger partial charge in [-0.3, -0.25) is 4.79 Å². The SMILES string of the molecule is CC.CC(C)(N)Cc1ccccc1.COC(C)=O. The van der Waals surface area contributed by atoms with Crippen LogP contribution in [0.2, 0.25) is 0 Å². The Bertz CT molecular complexity index is 302. The summed E-state index contributed by atoms with van der Waals surface area (Å²) in [6.07, 6.45) is 0.938. The Labute approximate surface area is 111 Å². The van der Waals surface area contributed by atoms with Gasteiger partial charge in [-0.15, -0.1) is 0 Å². The first-order chi connectivity index (χ1) is 8.35. The van der Waals surface area contributed by atoms with Crippen molar-refractivity contribution in [1.29, 1.82) is 0 Å². The number of esters is 1. The number of ether oxygens (including phenoxy) is 1. The van der Waals surface area contributed by atoms with Gasteiger partial charge < -0.3 is 10.5 Å². The lowest BCUT2D eigenvalue weighted by atomic mass is 9.96. The van der Waals surface area contributed by atoms with E-state index in [0.29, 0.717) is 0 Å². The third kappa shape index (κ3) is 14.6. The molecule has 1 aromatic rings. The molecule has 1 aromatic carbocycles. The molecule has 0 aliphatic heterocycles. The Kier molecular flexibility index (Phi) is 11.4. The summed E-state index contributed by atoms with van der Waals surface area (Å²) < 4.78 is 4.11. The summed E-state index contributed by atoms with van der Waals surface area (Å²) in [4.78, 5) is 9.59. The summed E-state index contributed by atoms with van der Waals surface area (Å²) in [6, 6.07) is 10.3. The van der Waals surface area contributed by atoms with Crippen molar-refractivity contribution in [3.05, 3.63) is 35.9 Å². The fourth-order valence-corrected chi connectivity index (χ4v) is 1.12. The van der Waals surface area contributed by atoms with Crippen molar-refractivity contribution in [1.82, 2.24) is 0 Å². The lowest BCUT2D eigenvalue weighted by Gasteiger charge is -2.17. The van der Waals surface area contributed by atoms with Crippen LogP contribution in [0.25, 0.3) is 0 Å². The van der Waals surface area contributed by atoms with Crippen molar-refractivity contribution >= 4 is 5.97 Å². The average molecular weight is 253 g/mol. The predicted molar refractivity (Wildman–Crippen MR) is 77.5 cm³/mol. The second-order valence-corrected chi connectivity index (χ2v) is 4.35. The monoisotopic (exact) mass is 253 g/mol. The highest BCUT2D eigenvalue weighted by atomic mass is 16.5. The molecule has 0 spiro atoms. The molecule has 0 heterocycles. The third-order valence-electron chi connectivity index (χ3n) is 1.79. The van der Waals surface area contributed by atoms with E-state index in [-0.39, 0.29) is 11.5 Å². The lowest BCUT2D eigenvalue weighted by Crippen LogP contribution is -2.34. The number of methoxy groups -OCH3 is 1. The van der Waals surface area contributed by atoms with Crippen LogP contribution in [0, 0.1) is 0 Å². The van der Waals surface area contributed by atoms with E-state index in [1.807, 2.05) is 45.9 Å². The van der Waals surface area contributed by atoms with E-state index in [2.05, 4.69) is 16.9 Å². The standard InChI is InChI=1S/C10H15N.C3H6O2.C2H6/c1-10(2,11)8-9-6-4-3-5-7-9;1-3(4)5-2;1-2/h3-7H,8,11H2,1-2H3;1-2H3;1-2H3. The number of hydrogen-bond acceptors (Lipinski definition) is 3. The first-order valence-corrected chi connectivity index (χ1v) is 6.22. The molecule has 0 aliphatic carbocycles. The molecule has 104 valence electrons. The minimum atomic E-state index is -0.245. The molecule has 0 bridgehead atoms. The average Bonchev–Trinajstić information content (AvgIpc) is 2.31. The van der Waals surface area contributed by atoms with Crippen LogP contribution < -0.4 is 5.73 Å². The number of carbonyl (C=O) groups is 1. The van der Waals surface area contributed by atoms with E-state index >= 15 is 0 Å². The molecule has 0 amide bonds. The quantitative estimate of drug-likeness (QED) is 0.824. The van der Waals surface area contributed by atoms with Crippen molar-refractivity contribution in [2.24, 2.45) is 5.73 Å². The van der Waals surface area contributed by atoms with Gasteiger partial charge in [0.2, 0.25) is 0 Å². The largest absolute Gasteiger partial charge is 0.469 e. The van der Waals surface area contributed by atoms with Gasteiger partial charge in [0.1, 0.15) is 0 Å². The predicted octanol–water partition coefficient (Wildman–Crippen LogP) is 3.17. The molecule has 3 heteroatoms. The molecule has 2 N–H and O–H groups in total. The Hall–Kier alpha value is -1.35. The van der Waals surface area contributed by atoms with Crippen LogP contribution in [0.15, 0.2) is 30.3 Å². The fraction of sp³-hybridized carbons (Fsp3) is 0.533. The molecule has 1 rings (SSSR count). The molecule has 0 unspecified atom stereocenters. The molecule has 3 nitrogen and oxygen atoms in total. The van der Waals surface area contributed by atoms with Gasteiger partial charge in [-0.25, -0.2) is 0 Å². The Balaban J connectivity index is 0. The van der Waals surface area contributed by atoms with Crippen LogP contribution in [-0.2, 0) is 16.0 Å². The number of carbonyl (C=O) groups excluding carboxylic acids is 1. The number of nitrogens with two attached hydrogens (primary N) is 1. The van der Waals surface area contributed by atoms with Crippen LogP contribution in [-0.4, -0.2) is 18.6 Å². The van der Waals surface area contributed by atoms with Gasteiger partial charge in [0.05, 0.1) is 7.11 Å². The second-order valence-electron chi connectivity index (χ2n) is 4.35. The highest BCUT2D eigenvalue weighted by Crippen LogP contribution is 2.08. The molecule has 0 aromatic heterocycles. The fourth-order valence-electron chi connectivity index (χ4n) is 1.12. The van der Waals surface area contributed by atoms with E-state index in [0.717, 1.165) is 6.42 Å². The van der Waals surface area contributed by atoms with Gasteiger partial charge in [0.15, 0.2) is 0 Å². The molecule has 0 atom stereocenters. The van der Waals surface area contributed by atoms with Gasteiger partial charge in [-0.2, -0.15) is 0 Å². The summed E-state index contributed by atoms with van der Waals surface area (Å²) in [5, 5.41) is 0. The van der Waals surface area contributed by atoms with E-state index in [1.54, 1.807) is 0 Å². The minimum Gasteiger partial charge on any atom is -0.469 e. The molecule has 0 fully saturated rings. The molecular formula is C15H27NO2. The molecule has 0 aliphatic rings. The van der Waals surface area contributed by atoms with E-state index in [4.69, 9.17) is 5.73 Å². The van der Waals surface area contributed by atoms with Gasteiger partial charge in [-0.05, 0) is 25.8 Å². The van der Waals surface area contributed by atoms with Crippen molar-refractivity contribution in [3.8, 4) is 0 Å². The normalized spacial score (nSPS) is 9.28. The third-order valence-corrected chi connectivity index (χ3v) is 1.79. The van der Waals surface area contributed by atoms with E-state index < -0.39 is 0 Å². The first-order valence-electron chi connectivity index (χ1n) is 6.22. The smallest absolute Gasteiger partial charge is 0.302 e. The van der Waals surface area contributed by atoms with Gasteiger partial charge in [0.25, 0.3) is 0 Å². The van der Waals surface area contributed by atoms with Gasteiger partial charge >= 0.3 is 5.97 Å². The summed E-state index contributed by atoms with van der Waals surface area (Å²) >= 11 is 0. The minimum absolute atomic E-state index is 0.0959. The maximum absolute atomic E-state index is 9.59. The topological polar surface area (TPSA) is 52.3 Å². The van der Waals surface area contributed by atoms with Crippen molar-refractivity contribution in [2.75, 3.05) is 7.11 Å². The molecule has 0 saturated heterocycles. The van der Waals surface area contributed by atoms with Crippen molar-refractivity contribution < 1.29 is 9.53 Å². The van der Waals surface area contributed by atoms with Gasteiger partial charge in [0, 0.05) is 12.5 Å². The summed E-state index contributed by atoms with van der Waals surface area (Å²) in [6.45, 7) is 9.44. The van der Waals surface area contributed by atoms with E-state index in [9.17, 15) is 4.79 Å². The maximum Gasteiger partial charge on any atom is 0.302 e. The number of benzene rings is 1. The summed E-state index contributed by atoms with van der Waals surface area (Å²) in [5.41, 5.74) is 7.08. The number of hydrogen-bond donors (Lipinski definition) is 1. The lowest BCUT2D eigenvalue weighted by molar-refractivity contribution is -0.137. The number of rotatable bonds is 2. The highest BCUT2D eigenvalue weighted by Gasteiger charge is 2.10. The zero-order valence-electron chi connectivity index (χ0n) is 12.5. The first kappa shape index (κ1) is 19.0. The Morgan fingerprint density at radius 1 is 1.22 bits per heavy atom. The van der Waals surface area contributed by atoms with Gasteiger partial charge in [-0.1, -0.05) is 44.2 Å². The maximum atomic E-state index is 9.59. The van der Waals surface area contributed by atoms with E-state index in [1.165, 1.54) is 19.6 Å². The molecule has 0 radical (unpaired) electrons. The molecule has 0 saturated carbocycles. The zero-order chi connectivity index (χ0) is 14.6. The zero-order valence-corrected chi connectivity index (χ0v) is 12.5. The Morgan fingerprint density at radius 2 is 1.61 bits per heavy atom. The van der Waals surface area contributed by atoms with Crippen molar-refractivity contribution in [3.63, 3.8) is 0 Å². The Morgan fingerprint density at radius 3 is 1.89 bits per heavy atom. The van der Waals surface area contributed by atoms with Crippen molar-refractivity contribution in [2.45, 2.75) is 46.6 Å². The molecular weight excluding hydrogens is 226 g/mol. The van der Waals surface area contributed by atoms with Crippen LogP contribution >= 0.6 is 0 Å². The van der Waals surface area contributed by atoms with Crippen LogP contribution in [0.4, 0.5) is 0 Å². The highest BCUT2D eigenvalue weighted by molar-refractivity contribution is 5.65. The molecule has 18 heavy (non-hydrogen) atoms.